The van der Waals surface area contributed by atoms with Gasteiger partial charge in [-0.3, -0.25) is 10.1 Å². The Kier molecular flexibility index (Phi) is 6.23. The van der Waals surface area contributed by atoms with E-state index in [1.807, 2.05) is 0 Å². The summed E-state index contributed by atoms with van der Waals surface area (Å²) in [5, 5.41) is 10.5. The van der Waals surface area contributed by atoms with Gasteiger partial charge in [-0.15, -0.1) is 0 Å². The minimum absolute atomic E-state index is 0.0935. The fourth-order valence-electron chi connectivity index (χ4n) is 1.95. The molecular formula is C15H13Cl2NO6S. The average Bonchev–Trinajstić information content (AvgIpc) is 2.57. The molecule has 0 aliphatic heterocycles. The third-order valence-electron chi connectivity index (χ3n) is 3.16. The average molecular weight is 406 g/mol. The summed E-state index contributed by atoms with van der Waals surface area (Å²) >= 11 is 11.9. The highest BCUT2D eigenvalue weighted by Crippen LogP contribution is 2.37. The number of halogens is 2. The summed E-state index contributed by atoms with van der Waals surface area (Å²) in [6.07, 6.45) is -1.21. The van der Waals surface area contributed by atoms with E-state index < -0.39 is 26.8 Å². The maximum atomic E-state index is 12.4. The van der Waals surface area contributed by atoms with Crippen molar-refractivity contribution in [2.45, 2.75) is 11.2 Å². The quantitative estimate of drug-likeness (QED) is 0.395. The molecule has 2 aromatic carbocycles. The lowest BCUT2D eigenvalue weighted by molar-refractivity contribution is -0.384. The van der Waals surface area contributed by atoms with Crippen molar-refractivity contribution < 1.29 is 22.8 Å². The Bertz CT molecular complexity index is 850. The Hall–Kier alpha value is -1.87. The summed E-state index contributed by atoms with van der Waals surface area (Å²) in [7, 11) is -2.42. The predicted octanol–water partition coefficient (Wildman–Crippen LogP) is 3.73. The number of ether oxygens (including phenoxy) is 2. The van der Waals surface area contributed by atoms with Crippen LogP contribution in [0.15, 0.2) is 47.4 Å². The Morgan fingerprint density at radius 2 is 1.72 bits per heavy atom. The van der Waals surface area contributed by atoms with Crippen LogP contribution in [-0.4, -0.2) is 32.5 Å². The van der Waals surface area contributed by atoms with Gasteiger partial charge in [-0.25, -0.2) is 8.42 Å². The number of non-ortho nitro benzene ring substituents is 1. The molecule has 0 aliphatic carbocycles. The van der Waals surface area contributed by atoms with Gasteiger partial charge in [-0.05, 0) is 12.1 Å². The highest BCUT2D eigenvalue weighted by Gasteiger charge is 2.25. The first kappa shape index (κ1) is 19.5. The Morgan fingerprint density at radius 1 is 1.16 bits per heavy atom. The van der Waals surface area contributed by atoms with Gasteiger partial charge in [0.15, 0.2) is 15.6 Å². The molecule has 2 aromatic rings. The van der Waals surface area contributed by atoms with Crippen LogP contribution in [0.1, 0.15) is 0 Å². The predicted molar refractivity (Wildman–Crippen MR) is 93.0 cm³/mol. The van der Waals surface area contributed by atoms with E-state index in [0.717, 1.165) is 12.1 Å². The molecule has 0 aromatic heterocycles. The maximum absolute atomic E-state index is 12.4. The SMILES string of the molecule is COC(CS(=O)(=O)c1ccccc1)Oc1c(Cl)cc([N+](=O)[O-])cc1Cl. The number of nitrogens with zero attached hydrogens (tertiary/aromatic N) is 1. The first-order valence-electron chi connectivity index (χ1n) is 6.85. The van der Waals surface area contributed by atoms with Gasteiger partial charge >= 0.3 is 0 Å². The molecule has 25 heavy (non-hydrogen) atoms. The van der Waals surface area contributed by atoms with E-state index in [1.165, 1.54) is 19.2 Å². The molecule has 0 radical (unpaired) electrons. The largest absolute Gasteiger partial charge is 0.461 e. The van der Waals surface area contributed by atoms with E-state index in [9.17, 15) is 18.5 Å². The fraction of sp³-hybridized carbons (Fsp3) is 0.200. The summed E-state index contributed by atoms with van der Waals surface area (Å²) in [5.41, 5.74) is -0.312. The normalized spacial score (nSPS) is 12.6. The zero-order valence-corrected chi connectivity index (χ0v) is 15.2. The Balaban J connectivity index is 2.25. The number of benzene rings is 2. The van der Waals surface area contributed by atoms with Gasteiger partial charge in [0.05, 0.1) is 19.9 Å². The number of nitro benzene ring substituents is 1. The molecule has 0 amide bonds. The van der Waals surface area contributed by atoms with Crippen LogP contribution in [-0.2, 0) is 14.6 Å². The van der Waals surface area contributed by atoms with E-state index >= 15 is 0 Å². The van der Waals surface area contributed by atoms with Crippen molar-refractivity contribution in [3.63, 3.8) is 0 Å². The van der Waals surface area contributed by atoms with Crippen molar-refractivity contribution >= 4 is 38.7 Å². The maximum Gasteiger partial charge on any atom is 0.272 e. The van der Waals surface area contributed by atoms with Crippen LogP contribution in [0.5, 0.6) is 5.75 Å². The molecule has 1 atom stereocenters. The number of hydrogen-bond donors (Lipinski definition) is 0. The summed E-state index contributed by atoms with van der Waals surface area (Å²) in [6, 6.07) is 9.91. The molecule has 134 valence electrons. The van der Waals surface area contributed by atoms with Crippen molar-refractivity contribution in [1.82, 2.24) is 0 Å². The van der Waals surface area contributed by atoms with Gasteiger partial charge in [0.25, 0.3) is 5.69 Å². The third kappa shape index (κ3) is 4.82. The smallest absolute Gasteiger partial charge is 0.272 e. The molecule has 10 heteroatoms. The van der Waals surface area contributed by atoms with E-state index in [1.54, 1.807) is 18.2 Å². The van der Waals surface area contributed by atoms with E-state index in [2.05, 4.69) is 0 Å². The summed E-state index contributed by atoms with van der Waals surface area (Å²) in [4.78, 5) is 10.2. The molecule has 0 bridgehead atoms. The van der Waals surface area contributed by atoms with Crippen LogP contribution in [0.25, 0.3) is 0 Å². The van der Waals surface area contributed by atoms with Crippen LogP contribution in [0.4, 0.5) is 5.69 Å². The summed E-state index contributed by atoms with van der Waals surface area (Å²) < 4.78 is 35.3. The van der Waals surface area contributed by atoms with Crippen LogP contribution < -0.4 is 4.74 Å². The lowest BCUT2D eigenvalue weighted by Crippen LogP contribution is -2.29. The second-order valence-electron chi connectivity index (χ2n) is 4.87. The molecular weight excluding hydrogens is 393 g/mol. The standard InChI is InChI=1S/C15H13Cl2NO6S/c1-23-14(9-25(21,22)11-5-3-2-4-6-11)24-15-12(16)7-10(18(19)20)8-13(15)17/h2-8,14H,9H2,1H3. The van der Waals surface area contributed by atoms with Crippen molar-refractivity contribution in [2.75, 3.05) is 12.9 Å². The molecule has 0 spiro atoms. The molecule has 0 N–H and O–H groups in total. The summed E-state index contributed by atoms with van der Waals surface area (Å²) in [6.45, 7) is 0. The first-order chi connectivity index (χ1) is 11.7. The monoisotopic (exact) mass is 405 g/mol. The molecule has 0 aliphatic rings. The second-order valence-corrected chi connectivity index (χ2v) is 7.72. The highest BCUT2D eigenvalue weighted by atomic mass is 35.5. The van der Waals surface area contributed by atoms with Gasteiger partial charge in [-0.2, -0.15) is 0 Å². The molecule has 0 heterocycles. The highest BCUT2D eigenvalue weighted by molar-refractivity contribution is 7.91. The van der Waals surface area contributed by atoms with Gasteiger partial charge in [0.1, 0.15) is 5.75 Å². The third-order valence-corrected chi connectivity index (χ3v) is 5.43. The molecule has 2 rings (SSSR count). The van der Waals surface area contributed by atoms with Crippen molar-refractivity contribution in [3.8, 4) is 5.75 Å². The van der Waals surface area contributed by atoms with Crippen LogP contribution >= 0.6 is 23.2 Å². The van der Waals surface area contributed by atoms with Gasteiger partial charge < -0.3 is 9.47 Å². The van der Waals surface area contributed by atoms with Crippen LogP contribution in [0.2, 0.25) is 10.0 Å². The van der Waals surface area contributed by atoms with E-state index in [-0.39, 0.29) is 26.4 Å². The van der Waals surface area contributed by atoms with Crippen molar-refractivity contribution in [3.05, 3.63) is 62.6 Å². The van der Waals surface area contributed by atoms with Gasteiger partial charge in [0.2, 0.25) is 6.29 Å². The minimum atomic E-state index is -3.68. The zero-order valence-electron chi connectivity index (χ0n) is 12.9. The topological polar surface area (TPSA) is 95.7 Å². The molecule has 0 saturated carbocycles. The van der Waals surface area contributed by atoms with Crippen LogP contribution in [0, 0.1) is 10.1 Å². The number of nitro groups is 1. The Labute approximate surface area is 154 Å². The fourth-order valence-corrected chi connectivity index (χ4v) is 3.84. The van der Waals surface area contributed by atoms with Crippen molar-refractivity contribution in [2.24, 2.45) is 0 Å². The number of hydrogen-bond acceptors (Lipinski definition) is 6. The number of sulfone groups is 1. The lowest BCUT2D eigenvalue weighted by atomic mass is 10.3. The molecule has 0 fully saturated rings. The summed E-state index contributed by atoms with van der Waals surface area (Å²) in [5.74, 6) is -0.582. The van der Waals surface area contributed by atoms with Gasteiger partial charge in [-0.1, -0.05) is 41.4 Å². The zero-order chi connectivity index (χ0) is 18.6. The minimum Gasteiger partial charge on any atom is -0.461 e. The van der Waals surface area contributed by atoms with Crippen LogP contribution in [0.3, 0.4) is 0 Å². The Morgan fingerprint density at radius 3 is 2.20 bits per heavy atom. The number of methoxy groups -OCH3 is 1. The number of rotatable bonds is 7. The van der Waals surface area contributed by atoms with E-state index in [0.29, 0.717) is 0 Å². The van der Waals surface area contributed by atoms with Crippen molar-refractivity contribution in [1.29, 1.82) is 0 Å². The molecule has 7 nitrogen and oxygen atoms in total. The lowest BCUT2D eigenvalue weighted by Gasteiger charge is -2.19. The van der Waals surface area contributed by atoms with Gasteiger partial charge in [0, 0.05) is 19.2 Å². The molecule has 1 unspecified atom stereocenters. The second kappa shape index (κ2) is 8.01. The first-order valence-corrected chi connectivity index (χ1v) is 9.26. The van der Waals surface area contributed by atoms with E-state index in [4.69, 9.17) is 32.7 Å². The molecule has 0 saturated heterocycles.